The Labute approximate surface area is 102 Å². The van der Waals surface area contributed by atoms with Gasteiger partial charge in [-0.15, -0.1) is 0 Å². The minimum Gasteiger partial charge on any atom is -0.395 e. The lowest BCUT2D eigenvalue weighted by Crippen LogP contribution is -2.37. The summed E-state index contributed by atoms with van der Waals surface area (Å²) in [6.45, 7) is 1.20. The molecule has 0 aromatic carbocycles. The molecule has 0 bridgehead atoms. The highest BCUT2D eigenvalue weighted by Crippen LogP contribution is 2.25. The van der Waals surface area contributed by atoms with E-state index in [-0.39, 0.29) is 6.61 Å². The Bertz CT molecular complexity index is 335. The van der Waals surface area contributed by atoms with Crippen LogP contribution in [0.15, 0.2) is 12.4 Å². The maximum atomic E-state index is 9.14. The van der Waals surface area contributed by atoms with Crippen LogP contribution < -0.4 is 10.6 Å². The van der Waals surface area contributed by atoms with E-state index in [1.54, 1.807) is 12.4 Å². The molecule has 17 heavy (non-hydrogen) atoms. The van der Waals surface area contributed by atoms with Gasteiger partial charge in [-0.1, -0.05) is 12.8 Å². The van der Waals surface area contributed by atoms with Crippen molar-refractivity contribution in [1.82, 2.24) is 9.97 Å². The number of nitrogens with zero attached hydrogens (tertiary/aromatic N) is 3. The molecular weight excluding hydrogens is 216 g/mol. The molecule has 0 amide bonds. The molecule has 1 aromatic heterocycles. The molecule has 1 aromatic rings. The molecule has 5 heteroatoms. The Balaban J connectivity index is 2.12. The highest BCUT2D eigenvalue weighted by Gasteiger charge is 2.23. The first-order valence-electron chi connectivity index (χ1n) is 6.23. The second-order valence-electron chi connectivity index (χ2n) is 4.45. The predicted octanol–water partition coefficient (Wildman–Crippen LogP) is 0.677. The van der Waals surface area contributed by atoms with Gasteiger partial charge in [0, 0.05) is 37.1 Å². The van der Waals surface area contributed by atoms with E-state index in [0.717, 1.165) is 5.56 Å². The summed E-state index contributed by atoms with van der Waals surface area (Å²) in [5, 5.41) is 9.14. The molecule has 0 unspecified atom stereocenters. The van der Waals surface area contributed by atoms with Crippen molar-refractivity contribution < 1.29 is 5.11 Å². The van der Waals surface area contributed by atoms with E-state index >= 15 is 0 Å². The number of hydrogen-bond acceptors (Lipinski definition) is 5. The summed E-state index contributed by atoms with van der Waals surface area (Å²) in [5.41, 5.74) is 6.46. The average molecular weight is 236 g/mol. The van der Waals surface area contributed by atoms with Gasteiger partial charge in [0.1, 0.15) is 0 Å². The largest absolute Gasteiger partial charge is 0.395 e. The topological polar surface area (TPSA) is 75.3 Å². The maximum absolute atomic E-state index is 9.14. The molecule has 3 N–H and O–H groups in total. The van der Waals surface area contributed by atoms with E-state index in [9.17, 15) is 0 Å². The minimum atomic E-state index is 0.137. The van der Waals surface area contributed by atoms with Crippen molar-refractivity contribution in [1.29, 1.82) is 0 Å². The van der Waals surface area contributed by atoms with Gasteiger partial charge in [0.15, 0.2) is 0 Å². The van der Waals surface area contributed by atoms with E-state index in [1.165, 1.54) is 25.7 Å². The first-order chi connectivity index (χ1) is 8.35. The van der Waals surface area contributed by atoms with Gasteiger partial charge in [-0.05, 0) is 12.8 Å². The monoisotopic (exact) mass is 236 g/mol. The molecule has 2 rings (SSSR count). The SMILES string of the molecule is NCc1cnc(N(CCO)C2CCCC2)nc1. The van der Waals surface area contributed by atoms with Gasteiger partial charge >= 0.3 is 0 Å². The second-order valence-corrected chi connectivity index (χ2v) is 4.45. The first kappa shape index (κ1) is 12.3. The fraction of sp³-hybridized carbons (Fsp3) is 0.667. The van der Waals surface area contributed by atoms with Crippen LogP contribution in [0, 0.1) is 0 Å². The molecule has 0 atom stereocenters. The zero-order valence-corrected chi connectivity index (χ0v) is 10.0. The molecule has 0 radical (unpaired) electrons. The third-order valence-electron chi connectivity index (χ3n) is 3.29. The number of aliphatic hydroxyl groups excluding tert-OH is 1. The van der Waals surface area contributed by atoms with Crippen LogP contribution >= 0.6 is 0 Å². The molecule has 5 nitrogen and oxygen atoms in total. The molecule has 0 spiro atoms. The molecule has 1 aliphatic carbocycles. The fourth-order valence-corrected chi connectivity index (χ4v) is 2.37. The quantitative estimate of drug-likeness (QED) is 0.786. The van der Waals surface area contributed by atoms with E-state index in [2.05, 4.69) is 14.9 Å². The second kappa shape index (κ2) is 5.93. The van der Waals surface area contributed by atoms with Crippen LogP contribution in [0.5, 0.6) is 0 Å². The highest BCUT2D eigenvalue weighted by atomic mass is 16.3. The zero-order valence-electron chi connectivity index (χ0n) is 10.0. The number of hydrogen-bond donors (Lipinski definition) is 2. The van der Waals surface area contributed by atoms with E-state index in [1.807, 2.05) is 0 Å². The van der Waals surface area contributed by atoms with Crippen LogP contribution in [0.25, 0.3) is 0 Å². The van der Waals surface area contributed by atoms with Crippen molar-refractivity contribution in [2.24, 2.45) is 5.73 Å². The van der Waals surface area contributed by atoms with Crippen molar-refractivity contribution in [2.75, 3.05) is 18.1 Å². The Morgan fingerprint density at radius 3 is 2.47 bits per heavy atom. The van der Waals surface area contributed by atoms with Crippen LogP contribution in [0.3, 0.4) is 0 Å². The number of nitrogens with two attached hydrogens (primary N) is 1. The number of aromatic nitrogens is 2. The van der Waals surface area contributed by atoms with Crippen molar-refractivity contribution in [3.8, 4) is 0 Å². The summed E-state index contributed by atoms with van der Waals surface area (Å²) < 4.78 is 0. The lowest BCUT2D eigenvalue weighted by molar-refractivity contribution is 0.296. The summed E-state index contributed by atoms with van der Waals surface area (Å²) in [6.07, 6.45) is 8.38. The predicted molar refractivity (Wildman–Crippen MR) is 66.6 cm³/mol. The van der Waals surface area contributed by atoms with Crippen molar-refractivity contribution in [3.05, 3.63) is 18.0 Å². The van der Waals surface area contributed by atoms with Crippen LogP contribution in [0.4, 0.5) is 5.95 Å². The van der Waals surface area contributed by atoms with E-state index in [0.29, 0.717) is 25.1 Å². The summed E-state index contributed by atoms with van der Waals surface area (Å²) in [7, 11) is 0. The number of anilines is 1. The Hall–Kier alpha value is -1.20. The van der Waals surface area contributed by atoms with Gasteiger partial charge in [-0.25, -0.2) is 9.97 Å². The van der Waals surface area contributed by atoms with Crippen molar-refractivity contribution in [2.45, 2.75) is 38.3 Å². The zero-order chi connectivity index (χ0) is 12.1. The Morgan fingerprint density at radius 2 is 1.94 bits per heavy atom. The molecule has 1 saturated carbocycles. The normalized spacial score (nSPS) is 16.4. The van der Waals surface area contributed by atoms with Crippen molar-refractivity contribution in [3.63, 3.8) is 0 Å². The van der Waals surface area contributed by atoms with Crippen LogP contribution in [-0.2, 0) is 6.54 Å². The lowest BCUT2D eigenvalue weighted by Gasteiger charge is -2.28. The van der Waals surface area contributed by atoms with E-state index < -0.39 is 0 Å². The average Bonchev–Trinajstić information content (AvgIpc) is 2.90. The molecule has 1 fully saturated rings. The summed E-state index contributed by atoms with van der Waals surface area (Å²) in [5.74, 6) is 0.711. The van der Waals surface area contributed by atoms with Gasteiger partial charge in [0.25, 0.3) is 0 Å². The minimum absolute atomic E-state index is 0.137. The van der Waals surface area contributed by atoms with Crippen LogP contribution in [0.1, 0.15) is 31.2 Å². The molecule has 94 valence electrons. The molecular formula is C12H20N4O. The van der Waals surface area contributed by atoms with Gasteiger partial charge in [0.2, 0.25) is 5.95 Å². The summed E-state index contributed by atoms with van der Waals surface area (Å²) >= 11 is 0. The van der Waals surface area contributed by atoms with Gasteiger partial charge in [0.05, 0.1) is 6.61 Å². The molecule has 1 aliphatic rings. The summed E-state index contributed by atoms with van der Waals surface area (Å²) in [6, 6.07) is 0.478. The number of rotatable bonds is 5. The van der Waals surface area contributed by atoms with Gasteiger partial charge in [-0.2, -0.15) is 0 Å². The maximum Gasteiger partial charge on any atom is 0.225 e. The number of aliphatic hydroxyl groups is 1. The van der Waals surface area contributed by atoms with Gasteiger partial charge in [-0.3, -0.25) is 0 Å². The standard InChI is InChI=1S/C12H20N4O/c13-7-10-8-14-12(15-9-10)16(5-6-17)11-3-1-2-4-11/h8-9,11,17H,1-7,13H2. The molecule has 0 saturated heterocycles. The van der Waals surface area contributed by atoms with Crippen molar-refractivity contribution >= 4 is 5.95 Å². The first-order valence-corrected chi connectivity index (χ1v) is 6.23. The van der Waals surface area contributed by atoms with Gasteiger partial charge < -0.3 is 15.7 Å². The fourth-order valence-electron chi connectivity index (χ4n) is 2.37. The lowest BCUT2D eigenvalue weighted by atomic mass is 10.2. The van der Waals surface area contributed by atoms with Crippen LogP contribution in [-0.4, -0.2) is 34.3 Å². The summed E-state index contributed by atoms with van der Waals surface area (Å²) in [4.78, 5) is 10.8. The Morgan fingerprint density at radius 1 is 1.29 bits per heavy atom. The molecule has 1 heterocycles. The van der Waals surface area contributed by atoms with E-state index in [4.69, 9.17) is 10.8 Å². The van der Waals surface area contributed by atoms with Crippen LogP contribution in [0.2, 0.25) is 0 Å². The smallest absolute Gasteiger partial charge is 0.225 e. The third kappa shape index (κ3) is 2.92. The molecule has 0 aliphatic heterocycles. The highest BCUT2D eigenvalue weighted by molar-refractivity contribution is 5.32. The third-order valence-corrected chi connectivity index (χ3v) is 3.29. The Kier molecular flexibility index (Phi) is 4.28.